The van der Waals surface area contributed by atoms with Gasteiger partial charge in [0.1, 0.15) is 23.8 Å². The molecule has 5 heterocycles. The molecule has 3 aliphatic heterocycles. The highest BCUT2D eigenvalue weighted by Crippen LogP contribution is 2.53. The molecule has 6 rings (SSSR count). The second-order valence-electron chi connectivity index (χ2n) is 11.3. The highest BCUT2D eigenvalue weighted by molar-refractivity contribution is 7.51. The summed E-state index contributed by atoms with van der Waals surface area (Å²) in [7, 11) is -4.98. The van der Waals surface area contributed by atoms with E-state index in [1.165, 1.54) is 24.3 Å². The SMILES string of the molecule is N#Cc1cc(C2CN(C(=O)[C@@H]3CC[C@@H]4CCC[C@H](NC(=O)c5cc6cc(C(F)P(=O)(O)O)ccc6s5)C(=O)N43)C2)ccn1. The van der Waals surface area contributed by atoms with E-state index >= 15 is 0 Å². The molecule has 0 spiro atoms. The van der Waals surface area contributed by atoms with Crippen molar-refractivity contribution in [3.63, 3.8) is 0 Å². The maximum absolute atomic E-state index is 14.2. The van der Waals surface area contributed by atoms with Crippen molar-refractivity contribution in [3.05, 3.63) is 64.3 Å². The fourth-order valence-electron chi connectivity index (χ4n) is 6.32. The number of nitrogens with one attached hydrogen (secondary N) is 1. The summed E-state index contributed by atoms with van der Waals surface area (Å²) in [5, 5.41) is 12.4. The van der Waals surface area contributed by atoms with Crippen molar-refractivity contribution in [1.29, 1.82) is 5.26 Å². The number of rotatable bonds is 6. The third-order valence-electron chi connectivity index (χ3n) is 8.57. The van der Waals surface area contributed by atoms with Crippen LogP contribution in [0.4, 0.5) is 4.39 Å². The number of nitrogens with zero attached hydrogens (tertiary/aromatic N) is 4. The minimum absolute atomic E-state index is 0.0655. The van der Waals surface area contributed by atoms with Gasteiger partial charge < -0.3 is 24.9 Å². The summed E-state index contributed by atoms with van der Waals surface area (Å²) in [6.45, 7) is 1.00. The number of benzene rings is 1. The average molecular weight is 626 g/mol. The Labute approximate surface area is 250 Å². The Kier molecular flexibility index (Phi) is 7.81. The zero-order valence-corrected chi connectivity index (χ0v) is 24.6. The molecule has 11 nitrogen and oxygen atoms in total. The predicted octanol–water partition coefficient (Wildman–Crippen LogP) is 3.58. The van der Waals surface area contributed by atoms with Crippen LogP contribution in [0.2, 0.25) is 0 Å². The van der Waals surface area contributed by atoms with Gasteiger partial charge in [0.05, 0.1) is 4.88 Å². The molecule has 0 radical (unpaired) electrons. The van der Waals surface area contributed by atoms with Crippen LogP contribution in [0.1, 0.15) is 70.4 Å². The van der Waals surface area contributed by atoms with Crippen LogP contribution in [-0.2, 0) is 14.2 Å². The first-order chi connectivity index (χ1) is 20.5. The molecule has 0 saturated carbocycles. The van der Waals surface area contributed by atoms with Crippen molar-refractivity contribution < 1.29 is 33.1 Å². The predicted molar refractivity (Wildman–Crippen MR) is 155 cm³/mol. The number of aromatic nitrogens is 1. The normalized spacial score (nSPS) is 23.3. The molecule has 3 aliphatic rings. The van der Waals surface area contributed by atoms with Gasteiger partial charge in [-0.1, -0.05) is 6.07 Å². The van der Waals surface area contributed by atoms with E-state index < -0.39 is 31.5 Å². The monoisotopic (exact) mass is 625 g/mol. The van der Waals surface area contributed by atoms with E-state index in [1.54, 1.807) is 22.1 Å². The van der Waals surface area contributed by atoms with Crippen molar-refractivity contribution in [2.24, 2.45) is 0 Å². The van der Waals surface area contributed by atoms with Gasteiger partial charge in [-0.25, -0.2) is 9.37 Å². The second-order valence-corrected chi connectivity index (χ2v) is 14.0. The first-order valence-electron chi connectivity index (χ1n) is 14.0. The number of alkyl halides is 1. The van der Waals surface area contributed by atoms with E-state index in [0.29, 0.717) is 48.1 Å². The summed E-state index contributed by atoms with van der Waals surface area (Å²) in [5.74, 6) is -3.21. The van der Waals surface area contributed by atoms with Crippen LogP contribution < -0.4 is 5.32 Å². The first kappa shape index (κ1) is 29.4. The van der Waals surface area contributed by atoms with Crippen molar-refractivity contribution in [1.82, 2.24) is 20.1 Å². The van der Waals surface area contributed by atoms with Crippen LogP contribution in [0.3, 0.4) is 0 Å². The first-order valence-corrected chi connectivity index (χ1v) is 16.5. The van der Waals surface area contributed by atoms with Crippen LogP contribution in [0, 0.1) is 11.3 Å². The van der Waals surface area contributed by atoms with Crippen molar-refractivity contribution in [3.8, 4) is 6.07 Å². The highest BCUT2D eigenvalue weighted by atomic mass is 32.1. The summed E-state index contributed by atoms with van der Waals surface area (Å²) in [6, 6.07) is 9.77. The minimum atomic E-state index is -4.98. The van der Waals surface area contributed by atoms with Gasteiger partial charge >= 0.3 is 7.60 Å². The van der Waals surface area contributed by atoms with Crippen molar-refractivity contribution in [2.75, 3.05) is 13.1 Å². The molecule has 1 unspecified atom stereocenters. The lowest BCUT2D eigenvalue weighted by molar-refractivity contribution is -0.148. The van der Waals surface area contributed by atoms with Gasteiger partial charge in [-0.05, 0) is 78.9 Å². The van der Waals surface area contributed by atoms with Crippen molar-refractivity contribution in [2.45, 2.75) is 62.1 Å². The molecule has 3 amide bonds. The van der Waals surface area contributed by atoms with Crippen LogP contribution in [0.25, 0.3) is 10.1 Å². The fraction of sp³-hybridized carbons (Fsp3) is 0.414. The van der Waals surface area contributed by atoms with Crippen molar-refractivity contribution >= 4 is 46.7 Å². The number of amides is 3. The summed E-state index contributed by atoms with van der Waals surface area (Å²) in [6.07, 6.45) is 4.77. The van der Waals surface area contributed by atoms with E-state index in [9.17, 15) is 33.1 Å². The van der Waals surface area contributed by atoms with Crippen LogP contribution in [0.5, 0.6) is 0 Å². The number of nitriles is 1. The molecule has 0 aliphatic carbocycles. The minimum Gasteiger partial charge on any atom is -0.340 e. The van der Waals surface area contributed by atoms with Gasteiger partial charge in [-0.15, -0.1) is 11.3 Å². The Morgan fingerprint density at radius 3 is 2.67 bits per heavy atom. The zero-order chi connectivity index (χ0) is 30.5. The molecule has 0 bridgehead atoms. The number of pyridine rings is 1. The Bertz CT molecular complexity index is 1700. The smallest absolute Gasteiger partial charge is 0.340 e. The van der Waals surface area contributed by atoms with E-state index in [0.717, 1.165) is 29.7 Å². The lowest BCUT2D eigenvalue weighted by Gasteiger charge is -2.42. The van der Waals surface area contributed by atoms with Crippen LogP contribution in [-0.4, -0.2) is 73.5 Å². The van der Waals surface area contributed by atoms with Gasteiger partial charge in [0, 0.05) is 35.9 Å². The number of carbonyl (C=O) groups is 3. The number of fused-ring (bicyclic) bond motifs is 2. The molecular formula is C29H29FN5O6PS. The highest BCUT2D eigenvalue weighted by Gasteiger charge is 2.47. The van der Waals surface area contributed by atoms with Gasteiger partial charge in [0.15, 0.2) is 0 Å². The van der Waals surface area contributed by atoms with Crippen LogP contribution in [0.15, 0.2) is 42.6 Å². The fourth-order valence-corrected chi connectivity index (χ4v) is 7.82. The molecule has 43 heavy (non-hydrogen) atoms. The van der Waals surface area contributed by atoms with E-state index in [1.807, 2.05) is 12.1 Å². The molecule has 1 aromatic carbocycles. The van der Waals surface area contributed by atoms with Crippen LogP contribution >= 0.6 is 18.9 Å². The Hall–Kier alpha value is -3.69. The standard InChI is InChI=1S/C29H29FN5O6PS/c30-26(42(39,40)41)17-4-7-24-18(10-17)12-25(43-24)27(36)33-22-3-1-2-21-5-6-23(35(21)28(22)37)29(38)34-14-19(15-34)16-8-9-32-20(11-16)13-31/h4,7-12,19,21-23,26H,1-3,5-6,14-15H2,(H,33,36)(H2,39,40,41)/t21-,22-,23-,26?/m0/s1. The Morgan fingerprint density at radius 1 is 1.14 bits per heavy atom. The molecular weight excluding hydrogens is 596 g/mol. The van der Waals surface area contributed by atoms with Gasteiger partial charge in [0.25, 0.3) is 5.91 Å². The number of carbonyl (C=O) groups excluding carboxylic acids is 3. The average Bonchev–Trinajstić information content (AvgIpc) is 3.55. The second kappa shape index (κ2) is 11.4. The number of hydrogen-bond acceptors (Lipinski definition) is 7. The lowest BCUT2D eigenvalue weighted by Crippen LogP contribution is -2.58. The number of hydrogen-bond donors (Lipinski definition) is 3. The third-order valence-corrected chi connectivity index (χ3v) is 10.6. The van der Waals surface area contributed by atoms with E-state index in [2.05, 4.69) is 10.3 Å². The largest absolute Gasteiger partial charge is 0.363 e. The number of halogens is 1. The summed E-state index contributed by atoms with van der Waals surface area (Å²) >= 11 is 1.13. The molecule has 3 saturated heterocycles. The Morgan fingerprint density at radius 2 is 1.93 bits per heavy atom. The van der Waals surface area contributed by atoms with E-state index in [4.69, 9.17) is 5.26 Å². The summed E-state index contributed by atoms with van der Waals surface area (Å²) < 4.78 is 26.2. The molecule has 4 atom stereocenters. The molecule has 14 heteroatoms. The number of likely N-dealkylation sites (tertiary alicyclic amines) is 1. The number of thiophene rings is 1. The Balaban J connectivity index is 1.13. The van der Waals surface area contributed by atoms with Gasteiger partial charge in [-0.3, -0.25) is 18.9 Å². The summed E-state index contributed by atoms with van der Waals surface area (Å²) in [5.41, 5.74) is 1.11. The maximum atomic E-state index is 14.2. The molecule has 3 N–H and O–H groups in total. The molecule has 2 aromatic heterocycles. The van der Waals surface area contributed by atoms with Gasteiger partial charge in [0.2, 0.25) is 17.7 Å². The third kappa shape index (κ3) is 5.68. The van der Waals surface area contributed by atoms with Gasteiger partial charge in [-0.2, -0.15) is 5.26 Å². The topological polar surface area (TPSA) is 164 Å². The molecule has 3 fully saturated rings. The summed E-state index contributed by atoms with van der Waals surface area (Å²) in [4.78, 5) is 66.6. The maximum Gasteiger partial charge on any atom is 0.363 e. The molecule has 3 aromatic rings. The molecule has 224 valence electrons. The van der Waals surface area contributed by atoms with E-state index in [-0.39, 0.29) is 34.2 Å². The lowest BCUT2D eigenvalue weighted by atomic mass is 9.91. The zero-order valence-electron chi connectivity index (χ0n) is 22.9. The quantitative estimate of drug-likeness (QED) is 0.350.